The number of amides is 1. The zero-order valence-corrected chi connectivity index (χ0v) is 16.2. The van der Waals surface area contributed by atoms with Crippen molar-refractivity contribution in [2.24, 2.45) is 0 Å². The van der Waals surface area contributed by atoms with Crippen molar-refractivity contribution in [3.8, 4) is 5.75 Å². The molecule has 1 fully saturated rings. The van der Waals surface area contributed by atoms with E-state index in [1.165, 1.54) is 12.1 Å². The molecule has 0 aliphatic carbocycles. The van der Waals surface area contributed by atoms with Gasteiger partial charge in [0.1, 0.15) is 11.4 Å². The molecule has 158 valence electrons. The summed E-state index contributed by atoms with van der Waals surface area (Å²) in [6.07, 6.45) is 3.38. The molecule has 1 aliphatic rings. The van der Waals surface area contributed by atoms with Crippen LogP contribution in [0, 0.1) is 5.82 Å². The van der Waals surface area contributed by atoms with E-state index in [1.807, 2.05) is 0 Å². The summed E-state index contributed by atoms with van der Waals surface area (Å²) in [5.41, 5.74) is 1.91. The van der Waals surface area contributed by atoms with E-state index in [-0.39, 0.29) is 41.9 Å². The molecule has 2 aromatic heterocycles. The molecule has 0 saturated carbocycles. The molecule has 0 bridgehead atoms. The van der Waals surface area contributed by atoms with Crippen LogP contribution in [0.3, 0.4) is 0 Å². The highest BCUT2D eigenvalue weighted by Crippen LogP contribution is 2.42. The summed E-state index contributed by atoms with van der Waals surface area (Å²) in [6.45, 7) is -2.44. The number of halogens is 3. The summed E-state index contributed by atoms with van der Waals surface area (Å²) in [6, 6.07) is 11.1. The molecule has 5 rings (SSSR count). The van der Waals surface area contributed by atoms with Crippen molar-refractivity contribution < 1.29 is 27.1 Å². The fourth-order valence-corrected chi connectivity index (χ4v) is 4.22. The third-order valence-corrected chi connectivity index (χ3v) is 5.61. The predicted molar refractivity (Wildman–Crippen MR) is 107 cm³/mol. The van der Waals surface area contributed by atoms with Crippen LogP contribution in [-0.4, -0.2) is 28.9 Å². The lowest BCUT2D eigenvalue weighted by Crippen LogP contribution is -2.24. The Kier molecular flexibility index (Phi) is 4.77. The first kappa shape index (κ1) is 19.4. The number of pyridine rings is 1. The molecular weight excluding hydrogens is 409 g/mol. The number of fused-ring (bicyclic) bond motifs is 3. The summed E-state index contributed by atoms with van der Waals surface area (Å²) in [4.78, 5) is 18.4. The third kappa shape index (κ3) is 3.48. The maximum atomic E-state index is 14.0. The molecule has 1 saturated heterocycles. The van der Waals surface area contributed by atoms with Crippen LogP contribution < -0.4 is 4.74 Å². The van der Waals surface area contributed by atoms with E-state index in [9.17, 15) is 18.0 Å². The number of carbonyl (C=O) groups excluding carboxylic acids is 1. The van der Waals surface area contributed by atoms with Gasteiger partial charge in [-0.2, -0.15) is 8.78 Å². The molecule has 0 spiro atoms. The van der Waals surface area contributed by atoms with E-state index in [1.54, 1.807) is 47.6 Å². The number of hydrogen-bond donors (Lipinski definition) is 0. The molecule has 5 nitrogen and oxygen atoms in total. The second-order valence-corrected chi connectivity index (χ2v) is 7.48. The van der Waals surface area contributed by atoms with Gasteiger partial charge in [0.05, 0.1) is 0 Å². The minimum Gasteiger partial charge on any atom is -0.452 e. The van der Waals surface area contributed by atoms with E-state index in [0.717, 1.165) is 5.56 Å². The van der Waals surface area contributed by atoms with Gasteiger partial charge in [0, 0.05) is 54.2 Å². The maximum Gasteiger partial charge on any atom is 0.387 e. The molecule has 0 N–H and O–H groups in total. The molecule has 1 amide bonds. The van der Waals surface area contributed by atoms with E-state index < -0.39 is 6.61 Å². The van der Waals surface area contributed by atoms with Gasteiger partial charge in [-0.15, -0.1) is 0 Å². The molecule has 2 aromatic carbocycles. The lowest BCUT2D eigenvalue weighted by Gasteiger charge is -2.18. The Balaban J connectivity index is 1.54. The van der Waals surface area contributed by atoms with Gasteiger partial charge in [-0.3, -0.25) is 9.78 Å². The highest BCUT2D eigenvalue weighted by atomic mass is 19.3. The predicted octanol–water partition coefficient (Wildman–Crippen LogP) is 5.24. The smallest absolute Gasteiger partial charge is 0.387 e. The minimum atomic E-state index is -3.00. The van der Waals surface area contributed by atoms with Crippen LogP contribution in [0.25, 0.3) is 21.9 Å². The Morgan fingerprint density at radius 2 is 2.03 bits per heavy atom. The fourth-order valence-electron chi connectivity index (χ4n) is 4.22. The number of alkyl halides is 2. The van der Waals surface area contributed by atoms with Crippen molar-refractivity contribution in [3.05, 3.63) is 71.8 Å². The van der Waals surface area contributed by atoms with Crippen LogP contribution in [0.15, 0.2) is 59.3 Å². The number of carbonyl (C=O) groups is 1. The Labute approximate surface area is 175 Å². The molecule has 3 heterocycles. The molecule has 4 aromatic rings. The number of ether oxygens (including phenoxy) is 1. The second-order valence-electron chi connectivity index (χ2n) is 7.48. The molecule has 1 unspecified atom stereocenters. The van der Waals surface area contributed by atoms with Crippen LogP contribution in [0.2, 0.25) is 0 Å². The van der Waals surface area contributed by atoms with Crippen LogP contribution in [0.1, 0.15) is 23.5 Å². The summed E-state index contributed by atoms with van der Waals surface area (Å²) < 4.78 is 50.3. The molecular formula is C23H17F3N2O3. The lowest BCUT2D eigenvalue weighted by atomic mass is 9.93. The van der Waals surface area contributed by atoms with Crippen molar-refractivity contribution in [2.75, 3.05) is 6.54 Å². The van der Waals surface area contributed by atoms with E-state index in [2.05, 4.69) is 9.72 Å². The molecule has 0 radical (unpaired) electrons. The van der Waals surface area contributed by atoms with Gasteiger partial charge in [-0.25, -0.2) is 4.39 Å². The highest BCUT2D eigenvalue weighted by molar-refractivity contribution is 6.08. The van der Waals surface area contributed by atoms with E-state index in [0.29, 0.717) is 28.5 Å². The van der Waals surface area contributed by atoms with Crippen LogP contribution in [0.4, 0.5) is 13.2 Å². The summed E-state index contributed by atoms with van der Waals surface area (Å²) in [7, 11) is 0. The number of aromatic nitrogens is 1. The highest BCUT2D eigenvalue weighted by Gasteiger charge is 2.33. The molecule has 1 aliphatic heterocycles. The summed E-state index contributed by atoms with van der Waals surface area (Å²) >= 11 is 0. The molecule has 8 heteroatoms. The van der Waals surface area contributed by atoms with Crippen LogP contribution in [0.5, 0.6) is 5.75 Å². The third-order valence-electron chi connectivity index (χ3n) is 5.61. The van der Waals surface area contributed by atoms with Crippen molar-refractivity contribution in [1.82, 2.24) is 9.88 Å². The average molecular weight is 426 g/mol. The Morgan fingerprint density at radius 3 is 2.84 bits per heavy atom. The average Bonchev–Trinajstić information content (AvgIpc) is 3.31. The van der Waals surface area contributed by atoms with Gasteiger partial charge in [-0.1, -0.05) is 24.3 Å². The Morgan fingerprint density at radius 1 is 1.19 bits per heavy atom. The van der Waals surface area contributed by atoms with E-state index >= 15 is 0 Å². The monoisotopic (exact) mass is 426 g/mol. The van der Waals surface area contributed by atoms with Gasteiger partial charge in [0.15, 0.2) is 11.3 Å². The first-order valence-corrected chi connectivity index (χ1v) is 9.76. The summed E-state index contributed by atoms with van der Waals surface area (Å²) in [5, 5.41) is 1.26. The standard InChI is InChI=1S/C23H17F3N2O3/c24-17-4-2-1-3-13(17)11-28-12-14(9-20(28)29)15-5-6-19(31-23(25)26)22-21(15)16-10-27-8-7-18(16)30-22/h1-8,10,14,23H,9,11-12H2. The minimum absolute atomic E-state index is 0.0718. The SMILES string of the molecule is O=C1CC(c2ccc(OC(F)F)c3oc4ccncc4c23)CN1Cc1ccccc1F. The first-order chi connectivity index (χ1) is 15.0. The Hall–Kier alpha value is -3.55. The number of benzene rings is 2. The van der Waals surface area contributed by atoms with Crippen LogP contribution >= 0.6 is 0 Å². The zero-order valence-electron chi connectivity index (χ0n) is 16.2. The topological polar surface area (TPSA) is 55.6 Å². The molecule has 1 atom stereocenters. The number of hydrogen-bond acceptors (Lipinski definition) is 4. The first-order valence-electron chi connectivity index (χ1n) is 9.76. The van der Waals surface area contributed by atoms with Gasteiger partial charge >= 0.3 is 6.61 Å². The van der Waals surface area contributed by atoms with Gasteiger partial charge in [-0.05, 0) is 23.8 Å². The fraction of sp³-hybridized carbons (Fsp3) is 0.217. The number of rotatable bonds is 5. The lowest BCUT2D eigenvalue weighted by molar-refractivity contribution is -0.128. The summed E-state index contributed by atoms with van der Waals surface area (Å²) in [5.74, 6) is -0.734. The number of nitrogens with zero attached hydrogens (tertiary/aromatic N) is 2. The van der Waals surface area contributed by atoms with E-state index in [4.69, 9.17) is 4.42 Å². The van der Waals surface area contributed by atoms with Gasteiger partial charge in [0.25, 0.3) is 0 Å². The van der Waals surface area contributed by atoms with Gasteiger partial charge < -0.3 is 14.1 Å². The van der Waals surface area contributed by atoms with Crippen molar-refractivity contribution in [1.29, 1.82) is 0 Å². The zero-order chi connectivity index (χ0) is 21.5. The number of furan rings is 1. The van der Waals surface area contributed by atoms with Crippen molar-refractivity contribution in [2.45, 2.75) is 25.5 Å². The Bertz CT molecular complexity index is 1290. The van der Waals surface area contributed by atoms with Crippen LogP contribution in [-0.2, 0) is 11.3 Å². The largest absolute Gasteiger partial charge is 0.452 e. The van der Waals surface area contributed by atoms with Crippen molar-refractivity contribution in [3.63, 3.8) is 0 Å². The van der Waals surface area contributed by atoms with Gasteiger partial charge in [0.2, 0.25) is 5.91 Å². The molecule has 31 heavy (non-hydrogen) atoms. The number of likely N-dealkylation sites (tertiary alicyclic amines) is 1. The quantitative estimate of drug-likeness (QED) is 0.438. The maximum absolute atomic E-state index is 14.0. The second kappa shape index (κ2) is 7.61. The van der Waals surface area contributed by atoms with Crippen molar-refractivity contribution >= 4 is 27.8 Å². The normalized spacial score (nSPS) is 16.7.